The van der Waals surface area contributed by atoms with Crippen molar-refractivity contribution in [3.05, 3.63) is 29.3 Å². The number of anilines is 1. The molecule has 1 aromatic rings. The first-order chi connectivity index (χ1) is 9.13. The number of nitrogens with zero attached hydrogens (tertiary/aromatic N) is 1. The molecule has 3 nitrogen and oxygen atoms in total. The quantitative estimate of drug-likeness (QED) is 0.645. The molecule has 2 rings (SSSR count). The Morgan fingerprint density at radius 2 is 2.16 bits per heavy atom. The van der Waals surface area contributed by atoms with Gasteiger partial charge in [0.05, 0.1) is 0 Å². The molecule has 1 heterocycles. The topological polar surface area (TPSA) is 53.1 Å². The number of hydrogen-bond acceptors (Lipinski definition) is 2. The van der Waals surface area contributed by atoms with E-state index in [1.807, 2.05) is 12.1 Å². The fourth-order valence-electron chi connectivity index (χ4n) is 3.03. The lowest BCUT2D eigenvalue weighted by Gasteiger charge is -2.33. The van der Waals surface area contributed by atoms with E-state index in [1.165, 1.54) is 31.2 Å². The minimum atomic E-state index is 0.175. The van der Waals surface area contributed by atoms with Gasteiger partial charge in [-0.25, -0.2) is 0 Å². The summed E-state index contributed by atoms with van der Waals surface area (Å²) in [6.07, 6.45) is 6.28. The molecule has 0 aliphatic carbocycles. The van der Waals surface area contributed by atoms with Crippen LogP contribution >= 0.6 is 0 Å². The van der Waals surface area contributed by atoms with Crippen LogP contribution in [0.4, 0.5) is 5.69 Å². The van der Waals surface area contributed by atoms with Crippen LogP contribution in [-0.4, -0.2) is 18.4 Å². The highest BCUT2D eigenvalue weighted by molar-refractivity contribution is 6.00. The standard InChI is InChI=1S/C16H25N3/c1-3-13-7-5-4-6-10-19(13)15-11-12(2)8-9-14(15)16(17)18/h8-9,11,13H,3-7,10H2,1-2H3,(H3,17,18). The van der Waals surface area contributed by atoms with E-state index in [2.05, 4.69) is 24.8 Å². The first-order valence-corrected chi connectivity index (χ1v) is 7.35. The van der Waals surface area contributed by atoms with Crippen LogP contribution in [0.25, 0.3) is 0 Å². The van der Waals surface area contributed by atoms with Gasteiger partial charge in [-0.3, -0.25) is 5.41 Å². The monoisotopic (exact) mass is 259 g/mol. The van der Waals surface area contributed by atoms with Gasteiger partial charge in [0.1, 0.15) is 5.84 Å². The molecule has 1 unspecified atom stereocenters. The highest BCUT2D eigenvalue weighted by Gasteiger charge is 2.22. The maximum absolute atomic E-state index is 7.79. The van der Waals surface area contributed by atoms with E-state index in [4.69, 9.17) is 11.1 Å². The molecule has 1 fully saturated rings. The van der Waals surface area contributed by atoms with Crippen LogP contribution in [0.1, 0.15) is 50.2 Å². The molecular weight excluding hydrogens is 234 g/mol. The van der Waals surface area contributed by atoms with Gasteiger partial charge < -0.3 is 10.6 Å². The predicted molar refractivity (Wildman–Crippen MR) is 82.1 cm³/mol. The third-order valence-electron chi connectivity index (χ3n) is 4.10. The molecule has 104 valence electrons. The fourth-order valence-corrected chi connectivity index (χ4v) is 3.03. The van der Waals surface area contributed by atoms with Crippen molar-refractivity contribution >= 4 is 11.5 Å². The second kappa shape index (κ2) is 6.09. The number of benzene rings is 1. The van der Waals surface area contributed by atoms with Gasteiger partial charge in [0, 0.05) is 23.8 Å². The second-order valence-corrected chi connectivity index (χ2v) is 5.54. The van der Waals surface area contributed by atoms with E-state index >= 15 is 0 Å². The third-order valence-corrected chi connectivity index (χ3v) is 4.10. The van der Waals surface area contributed by atoms with Crippen molar-refractivity contribution < 1.29 is 0 Å². The SMILES string of the molecule is CCC1CCCCCN1c1cc(C)ccc1C(=N)N. The minimum Gasteiger partial charge on any atom is -0.384 e. The molecule has 1 saturated heterocycles. The Balaban J connectivity index is 2.42. The molecule has 0 amide bonds. The normalized spacial score (nSPS) is 20.1. The summed E-state index contributed by atoms with van der Waals surface area (Å²) in [5.74, 6) is 0.175. The lowest BCUT2D eigenvalue weighted by atomic mass is 10.0. The summed E-state index contributed by atoms with van der Waals surface area (Å²) in [5.41, 5.74) is 9.02. The Hall–Kier alpha value is -1.51. The summed E-state index contributed by atoms with van der Waals surface area (Å²) >= 11 is 0. The molecule has 0 radical (unpaired) electrons. The van der Waals surface area contributed by atoms with Crippen molar-refractivity contribution in [2.75, 3.05) is 11.4 Å². The van der Waals surface area contributed by atoms with Crippen LogP contribution in [0, 0.1) is 12.3 Å². The number of nitrogens with two attached hydrogens (primary N) is 1. The highest BCUT2D eigenvalue weighted by atomic mass is 15.2. The molecule has 1 aliphatic rings. The van der Waals surface area contributed by atoms with Crippen LogP contribution < -0.4 is 10.6 Å². The van der Waals surface area contributed by atoms with Gasteiger partial charge in [0.2, 0.25) is 0 Å². The highest BCUT2D eigenvalue weighted by Crippen LogP contribution is 2.29. The Kier molecular flexibility index (Phi) is 4.46. The van der Waals surface area contributed by atoms with E-state index in [0.29, 0.717) is 6.04 Å². The molecule has 0 bridgehead atoms. The molecular formula is C16H25N3. The smallest absolute Gasteiger partial charge is 0.124 e. The number of aryl methyl sites for hydroxylation is 1. The molecule has 1 aliphatic heterocycles. The summed E-state index contributed by atoms with van der Waals surface area (Å²) in [4.78, 5) is 2.48. The minimum absolute atomic E-state index is 0.175. The van der Waals surface area contributed by atoms with Crippen LogP contribution in [0.3, 0.4) is 0 Å². The van der Waals surface area contributed by atoms with Gasteiger partial charge in [-0.1, -0.05) is 25.8 Å². The molecule has 0 saturated carbocycles. The number of nitrogens with one attached hydrogen (secondary N) is 1. The van der Waals surface area contributed by atoms with Crippen molar-refractivity contribution in [3.8, 4) is 0 Å². The van der Waals surface area contributed by atoms with E-state index in [0.717, 1.165) is 24.2 Å². The molecule has 3 N–H and O–H groups in total. The van der Waals surface area contributed by atoms with Gasteiger partial charge in [0.25, 0.3) is 0 Å². The van der Waals surface area contributed by atoms with Gasteiger partial charge in [-0.2, -0.15) is 0 Å². The van der Waals surface area contributed by atoms with Gasteiger partial charge in [-0.15, -0.1) is 0 Å². The van der Waals surface area contributed by atoms with Crippen molar-refractivity contribution in [3.63, 3.8) is 0 Å². The Morgan fingerprint density at radius 3 is 2.84 bits per heavy atom. The maximum Gasteiger partial charge on any atom is 0.124 e. The lowest BCUT2D eigenvalue weighted by molar-refractivity contribution is 0.556. The van der Waals surface area contributed by atoms with Gasteiger partial charge in [0.15, 0.2) is 0 Å². The number of nitrogen functional groups attached to an aromatic ring is 1. The van der Waals surface area contributed by atoms with Crippen molar-refractivity contribution in [2.45, 2.75) is 52.0 Å². The molecule has 3 heteroatoms. The fraction of sp³-hybridized carbons (Fsp3) is 0.562. The Bertz CT molecular complexity index is 453. The van der Waals surface area contributed by atoms with Gasteiger partial charge >= 0.3 is 0 Å². The maximum atomic E-state index is 7.79. The van der Waals surface area contributed by atoms with E-state index in [1.54, 1.807) is 0 Å². The molecule has 0 spiro atoms. The lowest BCUT2D eigenvalue weighted by Crippen LogP contribution is -2.36. The summed E-state index contributed by atoms with van der Waals surface area (Å²) in [5, 5.41) is 7.79. The summed E-state index contributed by atoms with van der Waals surface area (Å²) in [6.45, 7) is 5.45. The Labute approximate surface area is 116 Å². The summed E-state index contributed by atoms with van der Waals surface area (Å²) in [7, 11) is 0. The summed E-state index contributed by atoms with van der Waals surface area (Å²) in [6, 6.07) is 6.80. The van der Waals surface area contributed by atoms with E-state index in [-0.39, 0.29) is 5.84 Å². The van der Waals surface area contributed by atoms with E-state index < -0.39 is 0 Å². The Morgan fingerprint density at radius 1 is 1.37 bits per heavy atom. The zero-order valence-corrected chi connectivity index (χ0v) is 12.1. The molecule has 0 aromatic heterocycles. The summed E-state index contributed by atoms with van der Waals surface area (Å²) < 4.78 is 0. The van der Waals surface area contributed by atoms with Crippen molar-refractivity contribution in [1.82, 2.24) is 0 Å². The number of hydrogen-bond donors (Lipinski definition) is 2. The molecule has 1 atom stereocenters. The predicted octanol–water partition coefficient (Wildman–Crippen LogP) is 3.44. The average Bonchev–Trinajstić information content (AvgIpc) is 2.63. The molecule has 1 aromatic carbocycles. The van der Waals surface area contributed by atoms with Crippen LogP contribution in [0.5, 0.6) is 0 Å². The van der Waals surface area contributed by atoms with Crippen molar-refractivity contribution in [2.24, 2.45) is 5.73 Å². The zero-order chi connectivity index (χ0) is 13.8. The van der Waals surface area contributed by atoms with Crippen molar-refractivity contribution in [1.29, 1.82) is 5.41 Å². The number of amidine groups is 1. The number of rotatable bonds is 3. The second-order valence-electron chi connectivity index (χ2n) is 5.54. The van der Waals surface area contributed by atoms with Crippen LogP contribution in [0.2, 0.25) is 0 Å². The van der Waals surface area contributed by atoms with Gasteiger partial charge in [-0.05, 0) is 43.9 Å². The zero-order valence-electron chi connectivity index (χ0n) is 12.1. The van der Waals surface area contributed by atoms with Crippen LogP contribution in [-0.2, 0) is 0 Å². The first kappa shape index (κ1) is 13.9. The largest absolute Gasteiger partial charge is 0.384 e. The van der Waals surface area contributed by atoms with E-state index in [9.17, 15) is 0 Å². The molecule has 19 heavy (non-hydrogen) atoms. The average molecular weight is 259 g/mol. The third kappa shape index (κ3) is 3.09. The first-order valence-electron chi connectivity index (χ1n) is 7.35. The van der Waals surface area contributed by atoms with Crippen LogP contribution in [0.15, 0.2) is 18.2 Å².